The second-order valence-electron chi connectivity index (χ2n) is 1.36. The van der Waals surface area contributed by atoms with Gasteiger partial charge in [-0.2, -0.15) is 5.26 Å². The number of rotatable bonds is 2. The fourth-order valence-electron chi connectivity index (χ4n) is 0.182. The van der Waals surface area contributed by atoms with Gasteiger partial charge in [-0.1, -0.05) is 0 Å². The van der Waals surface area contributed by atoms with Gasteiger partial charge in [-0.25, -0.2) is 5.90 Å². The van der Waals surface area contributed by atoms with Crippen LogP contribution in [0.4, 0.5) is 0 Å². The first-order valence-electron chi connectivity index (χ1n) is 2.02. The van der Waals surface area contributed by atoms with Crippen LogP contribution in [0.15, 0.2) is 0 Å². The molecular formula is C4H8N2O. The van der Waals surface area contributed by atoms with Crippen LogP contribution in [-0.2, 0) is 4.84 Å². The fourth-order valence-corrected chi connectivity index (χ4v) is 0.182. The van der Waals surface area contributed by atoms with Gasteiger partial charge in [0.2, 0.25) is 0 Å². The molecule has 0 bridgehead atoms. The minimum atomic E-state index is -0.0926. The molecule has 1 unspecified atom stereocenters. The molecule has 0 rings (SSSR count). The van der Waals surface area contributed by atoms with Crippen molar-refractivity contribution in [2.75, 3.05) is 6.61 Å². The lowest BCUT2D eigenvalue weighted by molar-refractivity contribution is 0.121. The summed E-state index contributed by atoms with van der Waals surface area (Å²) in [5, 5.41) is 8.08. The molecule has 3 nitrogen and oxygen atoms in total. The zero-order chi connectivity index (χ0) is 5.70. The quantitative estimate of drug-likeness (QED) is 0.498. The van der Waals surface area contributed by atoms with Gasteiger partial charge in [0.25, 0.3) is 0 Å². The van der Waals surface area contributed by atoms with Crippen molar-refractivity contribution in [3.8, 4) is 6.07 Å². The third kappa shape index (κ3) is 3.23. The highest BCUT2D eigenvalue weighted by atomic mass is 16.6. The maximum absolute atomic E-state index is 8.08. The molecule has 0 aliphatic heterocycles. The summed E-state index contributed by atoms with van der Waals surface area (Å²) in [6.07, 6.45) is 0. The summed E-state index contributed by atoms with van der Waals surface area (Å²) in [6, 6.07) is 1.96. The Labute approximate surface area is 42.6 Å². The molecule has 0 saturated carbocycles. The molecule has 0 heterocycles. The van der Waals surface area contributed by atoms with Gasteiger partial charge >= 0.3 is 0 Å². The Hall–Kier alpha value is -0.590. The molecule has 1 atom stereocenters. The molecule has 0 aromatic carbocycles. The van der Waals surface area contributed by atoms with Crippen LogP contribution in [0.25, 0.3) is 0 Å². The third-order valence-corrected chi connectivity index (χ3v) is 0.567. The molecule has 0 radical (unpaired) electrons. The number of hydrogen-bond acceptors (Lipinski definition) is 3. The van der Waals surface area contributed by atoms with Crippen molar-refractivity contribution in [1.29, 1.82) is 5.26 Å². The minimum absolute atomic E-state index is 0.0926. The predicted molar refractivity (Wildman–Crippen MR) is 24.9 cm³/mol. The van der Waals surface area contributed by atoms with Gasteiger partial charge < -0.3 is 4.84 Å². The van der Waals surface area contributed by atoms with E-state index in [2.05, 4.69) is 10.7 Å². The lowest BCUT2D eigenvalue weighted by Crippen LogP contribution is -2.07. The van der Waals surface area contributed by atoms with Crippen molar-refractivity contribution in [1.82, 2.24) is 0 Å². The molecule has 0 aromatic heterocycles. The van der Waals surface area contributed by atoms with Gasteiger partial charge in [0.15, 0.2) is 0 Å². The molecule has 40 valence electrons. The van der Waals surface area contributed by atoms with Crippen molar-refractivity contribution in [2.45, 2.75) is 6.92 Å². The maximum Gasteiger partial charge on any atom is 0.0834 e. The molecule has 0 aliphatic rings. The molecule has 0 aromatic rings. The van der Waals surface area contributed by atoms with Gasteiger partial charge in [-0.3, -0.25) is 0 Å². The van der Waals surface area contributed by atoms with E-state index in [1.807, 2.05) is 6.07 Å². The summed E-state index contributed by atoms with van der Waals surface area (Å²) in [6.45, 7) is 2.06. The summed E-state index contributed by atoms with van der Waals surface area (Å²) in [4.78, 5) is 4.17. The summed E-state index contributed by atoms with van der Waals surface area (Å²) >= 11 is 0. The van der Waals surface area contributed by atoms with E-state index < -0.39 is 0 Å². The van der Waals surface area contributed by atoms with E-state index in [9.17, 15) is 0 Å². The van der Waals surface area contributed by atoms with Gasteiger partial charge in [0, 0.05) is 0 Å². The van der Waals surface area contributed by atoms with Crippen LogP contribution in [-0.4, -0.2) is 6.61 Å². The van der Waals surface area contributed by atoms with Crippen LogP contribution in [0.3, 0.4) is 0 Å². The Morgan fingerprint density at radius 3 is 2.71 bits per heavy atom. The van der Waals surface area contributed by atoms with Crippen molar-refractivity contribution in [3.05, 3.63) is 0 Å². The lowest BCUT2D eigenvalue weighted by Gasteiger charge is -1.94. The van der Waals surface area contributed by atoms with Crippen LogP contribution >= 0.6 is 0 Å². The number of nitrogens with two attached hydrogens (primary N) is 1. The standard InChI is InChI=1S/C4H8N2O/c1-4(2-5)3-7-6/h4H,3,6H2,1H3. The van der Waals surface area contributed by atoms with E-state index in [0.29, 0.717) is 6.61 Å². The molecule has 0 saturated heterocycles. The first kappa shape index (κ1) is 6.41. The molecule has 0 spiro atoms. The van der Waals surface area contributed by atoms with E-state index in [1.54, 1.807) is 6.92 Å². The molecule has 3 heteroatoms. The number of nitrogens with zero attached hydrogens (tertiary/aromatic N) is 1. The van der Waals surface area contributed by atoms with Gasteiger partial charge in [0.1, 0.15) is 0 Å². The Balaban J connectivity index is 3.04. The molecule has 0 aliphatic carbocycles. The topological polar surface area (TPSA) is 59.0 Å². The van der Waals surface area contributed by atoms with E-state index in [-0.39, 0.29) is 5.92 Å². The maximum atomic E-state index is 8.08. The number of hydrogen-bond donors (Lipinski definition) is 1. The highest BCUT2D eigenvalue weighted by Crippen LogP contribution is 1.87. The highest BCUT2D eigenvalue weighted by Gasteiger charge is 1.94. The van der Waals surface area contributed by atoms with Gasteiger partial charge in [0.05, 0.1) is 18.6 Å². The third-order valence-electron chi connectivity index (χ3n) is 0.567. The van der Waals surface area contributed by atoms with Crippen LogP contribution < -0.4 is 5.90 Å². The Morgan fingerprint density at radius 2 is 2.57 bits per heavy atom. The summed E-state index contributed by atoms with van der Waals surface area (Å²) in [7, 11) is 0. The molecule has 7 heavy (non-hydrogen) atoms. The van der Waals surface area contributed by atoms with Gasteiger partial charge in [-0.05, 0) is 6.92 Å². The van der Waals surface area contributed by atoms with E-state index in [0.717, 1.165) is 0 Å². The highest BCUT2D eigenvalue weighted by molar-refractivity contribution is 4.77. The summed E-state index contributed by atoms with van der Waals surface area (Å²) in [5.74, 6) is 4.56. The minimum Gasteiger partial charge on any atom is -0.303 e. The zero-order valence-corrected chi connectivity index (χ0v) is 4.22. The van der Waals surface area contributed by atoms with E-state index in [1.165, 1.54) is 0 Å². The van der Waals surface area contributed by atoms with Crippen molar-refractivity contribution in [3.63, 3.8) is 0 Å². The SMILES string of the molecule is CC(C#N)CON. The van der Waals surface area contributed by atoms with Crippen LogP contribution in [0, 0.1) is 17.2 Å². The van der Waals surface area contributed by atoms with Crippen molar-refractivity contribution >= 4 is 0 Å². The number of nitriles is 1. The Kier molecular flexibility index (Phi) is 3.29. The summed E-state index contributed by atoms with van der Waals surface area (Å²) < 4.78 is 0. The van der Waals surface area contributed by atoms with Crippen LogP contribution in [0.1, 0.15) is 6.92 Å². The molecule has 2 N–H and O–H groups in total. The largest absolute Gasteiger partial charge is 0.303 e. The van der Waals surface area contributed by atoms with Crippen molar-refractivity contribution < 1.29 is 4.84 Å². The van der Waals surface area contributed by atoms with Crippen molar-refractivity contribution in [2.24, 2.45) is 11.8 Å². The van der Waals surface area contributed by atoms with E-state index in [4.69, 9.17) is 5.26 Å². The lowest BCUT2D eigenvalue weighted by atomic mass is 10.2. The second-order valence-corrected chi connectivity index (χ2v) is 1.36. The molecule has 0 amide bonds. The first-order chi connectivity index (χ1) is 3.31. The molecule has 0 fully saturated rings. The average Bonchev–Trinajstić information content (AvgIpc) is 1.68. The second kappa shape index (κ2) is 3.59. The normalized spacial score (nSPS) is 12.7. The molecular weight excluding hydrogens is 92.1 g/mol. The Morgan fingerprint density at radius 1 is 2.00 bits per heavy atom. The monoisotopic (exact) mass is 100 g/mol. The fraction of sp³-hybridized carbons (Fsp3) is 0.750. The Bertz CT molecular complexity index is 76.2. The van der Waals surface area contributed by atoms with Crippen LogP contribution in [0.5, 0.6) is 0 Å². The zero-order valence-electron chi connectivity index (χ0n) is 4.22. The smallest absolute Gasteiger partial charge is 0.0834 e. The van der Waals surface area contributed by atoms with E-state index >= 15 is 0 Å². The summed E-state index contributed by atoms with van der Waals surface area (Å²) in [5.41, 5.74) is 0. The predicted octanol–water partition coefficient (Wildman–Crippen LogP) is 0.0364. The average molecular weight is 100 g/mol. The first-order valence-corrected chi connectivity index (χ1v) is 2.02. The van der Waals surface area contributed by atoms with Gasteiger partial charge in [-0.15, -0.1) is 0 Å². The van der Waals surface area contributed by atoms with Crippen LogP contribution in [0.2, 0.25) is 0 Å².